The molecule has 2 N–H and O–H groups in total. The highest BCUT2D eigenvalue weighted by Crippen LogP contribution is 2.35. The van der Waals surface area contributed by atoms with Crippen LogP contribution in [0.15, 0.2) is 0 Å². The van der Waals surface area contributed by atoms with Crippen LogP contribution in [0, 0.1) is 23.2 Å². The third-order valence-electron chi connectivity index (χ3n) is 4.06. The molecule has 2 unspecified atom stereocenters. The van der Waals surface area contributed by atoms with Gasteiger partial charge < -0.3 is 10.5 Å². The van der Waals surface area contributed by atoms with Crippen LogP contribution in [0.3, 0.4) is 0 Å². The van der Waals surface area contributed by atoms with E-state index in [4.69, 9.17) is 15.7 Å². The second kappa shape index (κ2) is 5.16. The second-order valence-corrected chi connectivity index (χ2v) is 5.37. The fraction of sp³-hybridized carbons (Fsp3) is 0.923. The van der Waals surface area contributed by atoms with E-state index < -0.39 is 5.54 Å². The van der Waals surface area contributed by atoms with E-state index in [2.05, 4.69) is 6.07 Å². The van der Waals surface area contributed by atoms with Gasteiger partial charge in [0.1, 0.15) is 5.54 Å². The third kappa shape index (κ3) is 2.96. The standard InChI is InChI=1S/C13H22N2O/c14-10-13(15)7-1-2-12(13)6-9-16-8-5-11-3-4-11/h11-12H,1-9,15H2. The van der Waals surface area contributed by atoms with Gasteiger partial charge in [-0.1, -0.05) is 19.3 Å². The molecule has 0 aromatic rings. The lowest BCUT2D eigenvalue weighted by Gasteiger charge is -2.23. The summed E-state index contributed by atoms with van der Waals surface area (Å²) in [6, 6.07) is 2.28. The van der Waals surface area contributed by atoms with Crippen molar-refractivity contribution in [2.45, 2.75) is 50.5 Å². The lowest BCUT2D eigenvalue weighted by molar-refractivity contribution is 0.110. The minimum absolute atomic E-state index is 0.346. The Morgan fingerprint density at radius 1 is 1.25 bits per heavy atom. The molecule has 0 heterocycles. The summed E-state index contributed by atoms with van der Waals surface area (Å²) < 4.78 is 5.62. The van der Waals surface area contributed by atoms with Crippen LogP contribution < -0.4 is 5.73 Å². The Kier molecular flexibility index (Phi) is 3.83. The molecule has 0 spiro atoms. The van der Waals surface area contributed by atoms with E-state index in [1.54, 1.807) is 0 Å². The van der Waals surface area contributed by atoms with E-state index in [1.165, 1.54) is 19.3 Å². The van der Waals surface area contributed by atoms with Gasteiger partial charge in [0.2, 0.25) is 0 Å². The van der Waals surface area contributed by atoms with Crippen LogP contribution in [0.25, 0.3) is 0 Å². The number of hydrogen-bond donors (Lipinski definition) is 1. The molecular formula is C13H22N2O. The van der Waals surface area contributed by atoms with Gasteiger partial charge in [0, 0.05) is 13.2 Å². The maximum absolute atomic E-state index is 9.06. The van der Waals surface area contributed by atoms with Crippen molar-refractivity contribution in [3.8, 4) is 6.07 Å². The van der Waals surface area contributed by atoms with Gasteiger partial charge in [-0.15, -0.1) is 0 Å². The first kappa shape index (κ1) is 11.9. The highest BCUT2D eigenvalue weighted by atomic mass is 16.5. The number of hydrogen-bond acceptors (Lipinski definition) is 3. The summed E-state index contributed by atoms with van der Waals surface area (Å²) in [6.07, 6.45) is 8.01. The molecule has 0 saturated heterocycles. The molecule has 0 aromatic heterocycles. The van der Waals surface area contributed by atoms with Gasteiger partial charge in [0.25, 0.3) is 0 Å². The first-order chi connectivity index (χ1) is 7.74. The monoisotopic (exact) mass is 222 g/mol. The normalized spacial score (nSPS) is 33.9. The lowest BCUT2D eigenvalue weighted by atomic mass is 9.87. The Balaban J connectivity index is 1.59. The molecule has 0 radical (unpaired) electrons. The molecule has 2 aliphatic rings. The SMILES string of the molecule is N#CC1(N)CCCC1CCOCCC1CC1. The van der Waals surface area contributed by atoms with E-state index in [9.17, 15) is 0 Å². The first-order valence-electron chi connectivity index (χ1n) is 6.52. The summed E-state index contributed by atoms with van der Waals surface area (Å²) in [7, 11) is 0. The van der Waals surface area contributed by atoms with Crippen molar-refractivity contribution < 1.29 is 4.74 Å². The maximum atomic E-state index is 9.06. The molecule has 2 saturated carbocycles. The van der Waals surface area contributed by atoms with E-state index in [0.29, 0.717) is 5.92 Å². The van der Waals surface area contributed by atoms with Crippen LogP contribution in [0.5, 0.6) is 0 Å². The fourth-order valence-electron chi connectivity index (χ4n) is 2.64. The van der Waals surface area contributed by atoms with Crippen LogP contribution in [0.4, 0.5) is 0 Å². The molecule has 0 aliphatic heterocycles. The highest BCUT2D eigenvalue weighted by molar-refractivity contribution is 5.11. The zero-order valence-electron chi connectivity index (χ0n) is 9.95. The van der Waals surface area contributed by atoms with Gasteiger partial charge in [-0.25, -0.2) is 0 Å². The number of nitrogens with two attached hydrogens (primary N) is 1. The van der Waals surface area contributed by atoms with Gasteiger partial charge in [0.05, 0.1) is 6.07 Å². The average molecular weight is 222 g/mol. The van der Waals surface area contributed by atoms with Crippen LogP contribution in [0.1, 0.15) is 44.9 Å². The number of rotatable bonds is 6. The van der Waals surface area contributed by atoms with E-state index in [-0.39, 0.29) is 0 Å². The summed E-state index contributed by atoms with van der Waals surface area (Å²) >= 11 is 0. The molecule has 2 fully saturated rings. The first-order valence-corrected chi connectivity index (χ1v) is 6.52. The lowest BCUT2D eigenvalue weighted by Crippen LogP contribution is -2.42. The largest absolute Gasteiger partial charge is 0.381 e. The molecule has 0 aromatic carbocycles. The number of nitriles is 1. The van der Waals surface area contributed by atoms with Crippen LogP contribution in [0.2, 0.25) is 0 Å². The Bertz CT molecular complexity index is 270. The molecule has 16 heavy (non-hydrogen) atoms. The van der Waals surface area contributed by atoms with Crippen LogP contribution >= 0.6 is 0 Å². The number of nitrogens with zero attached hydrogens (tertiary/aromatic N) is 1. The van der Waals surface area contributed by atoms with Gasteiger partial charge >= 0.3 is 0 Å². The van der Waals surface area contributed by atoms with Gasteiger partial charge in [0.15, 0.2) is 0 Å². The van der Waals surface area contributed by atoms with Crippen molar-refractivity contribution in [3.63, 3.8) is 0 Å². The predicted octanol–water partition coefficient (Wildman–Crippen LogP) is 2.21. The predicted molar refractivity (Wildman–Crippen MR) is 62.6 cm³/mol. The van der Waals surface area contributed by atoms with Crippen molar-refractivity contribution in [1.82, 2.24) is 0 Å². The van der Waals surface area contributed by atoms with E-state index >= 15 is 0 Å². The Hall–Kier alpha value is -0.590. The maximum Gasteiger partial charge on any atom is 0.107 e. The summed E-state index contributed by atoms with van der Waals surface area (Å²) in [6.45, 7) is 1.67. The summed E-state index contributed by atoms with van der Waals surface area (Å²) in [5.41, 5.74) is 5.49. The zero-order valence-corrected chi connectivity index (χ0v) is 9.95. The quantitative estimate of drug-likeness (QED) is 0.701. The Morgan fingerprint density at radius 2 is 2.00 bits per heavy atom. The second-order valence-electron chi connectivity index (χ2n) is 5.37. The van der Waals surface area contributed by atoms with Crippen LogP contribution in [-0.2, 0) is 4.74 Å². The van der Waals surface area contributed by atoms with Crippen molar-refractivity contribution >= 4 is 0 Å². The molecular weight excluding hydrogens is 200 g/mol. The Labute approximate surface area is 98.0 Å². The summed E-state index contributed by atoms with van der Waals surface area (Å²) in [5.74, 6) is 1.29. The van der Waals surface area contributed by atoms with Crippen LogP contribution in [-0.4, -0.2) is 18.8 Å². The van der Waals surface area contributed by atoms with Crippen molar-refractivity contribution in [1.29, 1.82) is 5.26 Å². The molecule has 3 nitrogen and oxygen atoms in total. The fourth-order valence-corrected chi connectivity index (χ4v) is 2.64. The van der Waals surface area contributed by atoms with Gasteiger partial charge in [-0.05, 0) is 37.5 Å². The van der Waals surface area contributed by atoms with Gasteiger partial charge in [-0.2, -0.15) is 5.26 Å². The smallest absolute Gasteiger partial charge is 0.107 e. The molecule has 2 atom stereocenters. The Morgan fingerprint density at radius 3 is 2.69 bits per heavy atom. The van der Waals surface area contributed by atoms with E-state index in [0.717, 1.165) is 44.8 Å². The van der Waals surface area contributed by atoms with Crippen molar-refractivity contribution in [3.05, 3.63) is 0 Å². The highest BCUT2D eigenvalue weighted by Gasteiger charge is 2.39. The molecule has 2 aliphatic carbocycles. The zero-order chi connectivity index (χ0) is 11.4. The summed E-state index contributed by atoms with van der Waals surface area (Å²) in [4.78, 5) is 0. The molecule has 90 valence electrons. The minimum Gasteiger partial charge on any atom is -0.381 e. The number of ether oxygens (including phenoxy) is 1. The topological polar surface area (TPSA) is 59.0 Å². The van der Waals surface area contributed by atoms with E-state index in [1.807, 2.05) is 0 Å². The van der Waals surface area contributed by atoms with Crippen molar-refractivity contribution in [2.24, 2.45) is 17.6 Å². The minimum atomic E-state index is -0.570. The van der Waals surface area contributed by atoms with Gasteiger partial charge in [-0.3, -0.25) is 0 Å². The van der Waals surface area contributed by atoms with Crippen molar-refractivity contribution in [2.75, 3.05) is 13.2 Å². The molecule has 2 rings (SSSR count). The molecule has 0 amide bonds. The third-order valence-corrected chi connectivity index (χ3v) is 4.06. The summed E-state index contributed by atoms with van der Waals surface area (Å²) in [5, 5.41) is 9.06. The average Bonchev–Trinajstić information content (AvgIpc) is 3.03. The molecule has 3 heteroatoms. The molecule has 0 bridgehead atoms.